The van der Waals surface area contributed by atoms with Gasteiger partial charge in [-0.25, -0.2) is 4.79 Å². The molecule has 2 aliphatic carbocycles. The van der Waals surface area contributed by atoms with Crippen LogP contribution in [0.5, 0.6) is 0 Å². The van der Waals surface area contributed by atoms with Crippen LogP contribution < -0.4 is 0 Å². The second-order valence-electron chi connectivity index (χ2n) is 10.2. The van der Waals surface area contributed by atoms with Crippen LogP contribution in [0.4, 0.5) is 0 Å². The van der Waals surface area contributed by atoms with Gasteiger partial charge in [0.1, 0.15) is 5.71 Å². The Morgan fingerprint density at radius 2 is 1.57 bits per heavy atom. The highest BCUT2D eigenvalue weighted by atomic mass is 16.7. The average Bonchev–Trinajstić information content (AvgIpc) is 3.29. The number of hydrogen-bond acceptors (Lipinski definition) is 4. The molecule has 1 atom stereocenters. The van der Waals surface area contributed by atoms with Gasteiger partial charge in [0.2, 0.25) is 0 Å². The summed E-state index contributed by atoms with van der Waals surface area (Å²) < 4.78 is 0. The van der Waals surface area contributed by atoms with Crippen molar-refractivity contribution < 1.29 is 9.63 Å². The lowest BCUT2D eigenvalue weighted by molar-refractivity contribution is -0.136. The molecule has 0 aromatic heterocycles. The van der Waals surface area contributed by atoms with Crippen LogP contribution in [0.15, 0.2) is 70.1 Å². The van der Waals surface area contributed by atoms with Crippen LogP contribution in [0.1, 0.15) is 96.5 Å². The van der Waals surface area contributed by atoms with Gasteiger partial charge in [0.05, 0.1) is 5.57 Å². The molecule has 0 amide bonds. The Morgan fingerprint density at radius 1 is 0.886 bits per heavy atom. The Bertz CT molecular complexity index is 974. The van der Waals surface area contributed by atoms with Crippen molar-refractivity contribution in [1.29, 1.82) is 0 Å². The predicted octanol–water partition coefficient (Wildman–Crippen LogP) is 7.72. The van der Waals surface area contributed by atoms with Crippen LogP contribution >= 0.6 is 0 Å². The third-order valence-corrected chi connectivity index (χ3v) is 7.66. The summed E-state index contributed by atoms with van der Waals surface area (Å²) in [7, 11) is 0. The molecular formula is C31H42N2O2. The molecule has 0 spiro atoms. The van der Waals surface area contributed by atoms with Crippen molar-refractivity contribution in [2.24, 2.45) is 11.1 Å². The molecular weight excluding hydrogens is 432 g/mol. The molecule has 0 radical (unpaired) electrons. The van der Waals surface area contributed by atoms with E-state index in [0.717, 1.165) is 24.0 Å². The van der Waals surface area contributed by atoms with Gasteiger partial charge in [-0.2, -0.15) is 0 Å². The highest BCUT2D eigenvalue weighted by Gasteiger charge is 2.33. The van der Waals surface area contributed by atoms with Crippen molar-refractivity contribution in [3.63, 3.8) is 0 Å². The zero-order valence-electron chi connectivity index (χ0n) is 21.7. The molecule has 4 nitrogen and oxygen atoms in total. The van der Waals surface area contributed by atoms with Crippen LogP contribution in [0, 0.1) is 5.92 Å². The molecule has 35 heavy (non-hydrogen) atoms. The van der Waals surface area contributed by atoms with E-state index in [1.54, 1.807) is 0 Å². The maximum atomic E-state index is 12.7. The lowest BCUT2D eigenvalue weighted by Crippen LogP contribution is -2.29. The summed E-state index contributed by atoms with van der Waals surface area (Å²) in [5.74, 6) is 0.280. The Balaban J connectivity index is 1.57. The molecule has 4 rings (SSSR count). The fourth-order valence-corrected chi connectivity index (χ4v) is 5.60. The summed E-state index contributed by atoms with van der Waals surface area (Å²) in [6, 6.07) is 9.92. The topological polar surface area (TPSA) is 41.9 Å². The maximum absolute atomic E-state index is 12.7. The second-order valence-corrected chi connectivity index (χ2v) is 10.2. The minimum Gasteiger partial charge on any atom is -0.375 e. The highest BCUT2D eigenvalue weighted by molar-refractivity contribution is 6.29. The molecule has 188 valence electrons. The summed E-state index contributed by atoms with van der Waals surface area (Å²) in [6.07, 6.45) is 19.5. The van der Waals surface area contributed by atoms with Gasteiger partial charge in [0.15, 0.2) is 0 Å². The number of fused-ring (bicyclic) bond motifs is 1. The second kappa shape index (κ2) is 12.9. The van der Waals surface area contributed by atoms with E-state index in [0.29, 0.717) is 17.2 Å². The van der Waals surface area contributed by atoms with E-state index in [1.165, 1.54) is 88.6 Å². The van der Waals surface area contributed by atoms with Gasteiger partial charge in [0.25, 0.3) is 0 Å². The van der Waals surface area contributed by atoms with Crippen LogP contribution in [-0.4, -0.2) is 29.7 Å². The summed E-state index contributed by atoms with van der Waals surface area (Å²) in [6.45, 7) is 6.89. The first kappa shape index (κ1) is 25.5. The molecule has 1 heterocycles. The van der Waals surface area contributed by atoms with Gasteiger partial charge in [-0.1, -0.05) is 93.9 Å². The van der Waals surface area contributed by atoms with Crippen LogP contribution in [0.25, 0.3) is 0 Å². The fourth-order valence-electron chi connectivity index (χ4n) is 5.60. The first-order valence-electron chi connectivity index (χ1n) is 14.0. The van der Waals surface area contributed by atoms with Crippen molar-refractivity contribution in [1.82, 2.24) is 4.90 Å². The van der Waals surface area contributed by atoms with Gasteiger partial charge in [-0.3, -0.25) is 0 Å². The van der Waals surface area contributed by atoms with E-state index < -0.39 is 0 Å². The van der Waals surface area contributed by atoms with E-state index >= 15 is 0 Å². The van der Waals surface area contributed by atoms with Crippen molar-refractivity contribution in [3.8, 4) is 0 Å². The molecule has 1 unspecified atom stereocenters. The minimum atomic E-state index is -0.317. The van der Waals surface area contributed by atoms with Gasteiger partial charge in [0, 0.05) is 24.4 Å². The van der Waals surface area contributed by atoms with Crippen LogP contribution in [0.3, 0.4) is 0 Å². The first-order chi connectivity index (χ1) is 17.2. The smallest absolute Gasteiger partial charge is 0.368 e. The molecule has 1 aliphatic heterocycles. The SMILES string of the molecule is CCCCCCN(CCCCCC)C1=CC2=C/C(=C3/C(=O)ON=C3c3ccccc3)CCC2CC1. The molecule has 0 saturated carbocycles. The lowest BCUT2D eigenvalue weighted by Gasteiger charge is -2.35. The maximum Gasteiger partial charge on any atom is 0.368 e. The molecule has 1 aromatic rings. The highest BCUT2D eigenvalue weighted by Crippen LogP contribution is 2.40. The van der Waals surface area contributed by atoms with E-state index in [2.05, 4.69) is 36.1 Å². The first-order valence-corrected chi connectivity index (χ1v) is 14.0. The lowest BCUT2D eigenvalue weighted by atomic mass is 9.77. The molecule has 1 aromatic carbocycles. The number of benzene rings is 1. The van der Waals surface area contributed by atoms with Crippen LogP contribution in [-0.2, 0) is 9.63 Å². The number of rotatable bonds is 12. The largest absolute Gasteiger partial charge is 0.375 e. The Labute approximate surface area is 211 Å². The molecule has 3 aliphatic rings. The van der Waals surface area contributed by atoms with E-state index in [9.17, 15) is 4.79 Å². The van der Waals surface area contributed by atoms with Crippen molar-refractivity contribution in [3.05, 3.63) is 70.5 Å². The molecule has 4 heteroatoms. The number of unbranched alkanes of at least 4 members (excludes halogenated alkanes) is 6. The number of nitrogens with zero attached hydrogens (tertiary/aromatic N) is 2. The summed E-state index contributed by atoms with van der Waals surface area (Å²) in [5.41, 5.74) is 6.23. The number of oxime groups is 1. The third-order valence-electron chi connectivity index (χ3n) is 7.66. The number of carbonyl (C=O) groups excluding carboxylic acids is 1. The van der Waals surface area contributed by atoms with Crippen molar-refractivity contribution >= 4 is 11.7 Å². The quantitative estimate of drug-likeness (QED) is 0.177. The number of allylic oxidation sites excluding steroid dienone is 5. The Morgan fingerprint density at radius 3 is 2.26 bits per heavy atom. The Hall–Kier alpha value is -2.62. The monoisotopic (exact) mass is 474 g/mol. The number of hydrogen-bond donors (Lipinski definition) is 0. The van der Waals surface area contributed by atoms with E-state index in [4.69, 9.17) is 4.84 Å². The van der Waals surface area contributed by atoms with E-state index in [1.807, 2.05) is 30.3 Å². The van der Waals surface area contributed by atoms with E-state index in [-0.39, 0.29) is 5.97 Å². The summed E-state index contributed by atoms with van der Waals surface area (Å²) in [4.78, 5) is 20.5. The van der Waals surface area contributed by atoms with Gasteiger partial charge in [-0.15, -0.1) is 0 Å². The van der Waals surface area contributed by atoms with Crippen molar-refractivity contribution in [2.45, 2.75) is 90.9 Å². The molecule has 0 N–H and O–H groups in total. The van der Waals surface area contributed by atoms with Gasteiger partial charge >= 0.3 is 5.97 Å². The number of carbonyl (C=O) groups is 1. The zero-order chi connectivity index (χ0) is 24.5. The van der Waals surface area contributed by atoms with Crippen LogP contribution in [0.2, 0.25) is 0 Å². The van der Waals surface area contributed by atoms with Gasteiger partial charge < -0.3 is 9.74 Å². The zero-order valence-corrected chi connectivity index (χ0v) is 21.7. The predicted molar refractivity (Wildman–Crippen MR) is 144 cm³/mol. The van der Waals surface area contributed by atoms with Crippen molar-refractivity contribution in [2.75, 3.05) is 13.1 Å². The normalized spacial score (nSPS) is 21.7. The average molecular weight is 475 g/mol. The summed E-state index contributed by atoms with van der Waals surface area (Å²) >= 11 is 0. The molecule has 0 bridgehead atoms. The molecule has 0 fully saturated rings. The Kier molecular flexibility index (Phi) is 9.39. The molecule has 0 saturated heterocycles. The third kappa shape index (κ3) is 6.54. The standard InChI is InChI=1S/C31H42N2O2/c1-3-5-7-12-20-33(21-13-8-6-4-2)28-19-18-24-16-17-26(22-27(24)23-28)29-30(32-35-31(29)34)25-14-10-9-11-15-25/h9-11,14-15,22-24H,3-8,12-13,16-21H2,1-2H3/b29-26+. The minimum absolute atomic E-state index is 0.317. The fraction of sp³-hybridized carbons (Fsp3) is 0.548. The summed E-state index contributed by atoms with van der Waals surface area (Å²) in [5, 5.41) is 4.14. The van der Waals surface area contributed by atoms with Gasteiger partial charge in [-0.05, 0) is 61.7 Å².